The molecule has 2 aromatic heterocycles. The third kappa shape index (κ3) is 3.94. The summed E-state index contributed by atoms with van der Waals surface area (Å²) in [6.45, 7) is 1.98. The zero-order chi connectivity index (χ0) is 18.9. The molecule has 0 atom stereocenters. The molecular weight excluding hydrogens is 381 g/mol. The lowest BCUT2D eigenvalue weighted by Gasteiger charge is -2.28. The Bertz CT molecular complexity index is 960. The maximum absolute atomic E-state index is 13.4. The predicted molar refractivity (Wildman–Crippen MR) is 106 cm³/mol. The van der Waals surface area contributed by atoms with Crippen molar-refractivity contribution in [3.8, 4) is 10.6 Å². The summed E-state index contributed by atoms with van der Waals surface area (Å²) in [6, 6.07) is 6.36. The second-order valence-electron chi connectivity index (χ2n) is 6.96. The lowest BCUT2D eigenvalue weighted by atomic mass is 9.98. The molecule has 0 bridgehead atoms. The first-order valence-corrected chi connectivity index (χ1v) is 10.7. The van der Waals surface area contributed by atoms with E-state index in [0.717, 1.165) is 47.0 Å². The molecule has 3 aromatic rings. The van der Waals surface area contributed by atoms with Gasteiger partial charge in [-0.3, -0.25) is 4.79 Å². The van der Waals surface area contributed by atoms with Crippen molar-refractivity contribution in [1.82, 2.24) is 15.3 Å². The average Bonchev–Trinajstić information content (AvgIpc) is 3.36. The molecule has 1 aliphatic rings. The van der Waals surface area contributed by atoms with Crippen LogP contribution in [0.5, 0.6) is 0 Å². The van der Waals surface area contributed by atoms with Gasteiger partial charge in [-0.05, 0) is 31.9 Å². The Hall–Kier alpha value is -2.12. The first-order valence-electron chi connectivity index (χ1n) is 8.98. The molecule has 1 N–H and O–H groups in total. The molecule has 2 heterocycles. The van der Waals surface area contributed by atoms with Crippen LogP contribution >= 0.6 is 22.7 Å². The van der Waals surface area contributed by atoms with Gasteiger partial charge in [0.2, 0.25) is 5.91 Å². The third-order valence-electron chi connectivity index (χ3n) is 4.83. The number of halogens is 1. The molecule has 0 spiro atoms. The molecule has 1 aromatic carbocycles. The minimum Gasteiger partial charge on any atom is -0.344 e. The van der Waals surface area contributed by atoms with E-state index in [1.807, 2.05) is 23.8 Å². The third-order valence-corrected chi connectivity index (χ3v) is 6.93. The minimum absolute atomic E-state index is 0.0409. The van der Waals surface area contributed by atoms with Gasteiger partial charge >= 0.3 is 0 Å². The van der Waals surface area contributed by atoms with Crippen LogP contribution in [0.25, 0.3) is 10.6 Å². The summed E-state index contributed by atoms with van der Waals surface area (Å²) in [6.07, 6.45) is 4.27. The number of rotatable bonds is 5. The molecule has 4 rings (SSSR count). The molecule has 1 saturated carbocycles. The summed E-state index contributed by atoms with van der Waals surface area (Å²) in [7, 11) is 0. The van der Waals surface area contributed by atoms with Crippen molar-refractivity contribution >= 4 is 28.6 Å². The van der Waals surface area contributed by atoms with Crippen molar-refractivity contribution in [2.75, 3.05) is 0 Å². The monoisotopic (exact) mass is 401 g/mol. The molecule has 1 fully saturated rings. The number of aromatic nitrogens is 2. The van der Waals surface area contributed by atoms with Gasteiger partial charge in [0.25, 0.3) is 0 Å². The fourth-order valence-electron chi connectivity index (χ4n) is 3.56. The van der Waals surface area contributed by atoms with Crippen molar-refractivity contribution in [3.63, 3.8) is 0 Å². The van der Waals surface area contributed by atoms with Gasteiger partial charge in [-0.2, -0.15) is 0 Å². The molecule has 140 valence electrons. The second kappa shape index (κ2) is 7.48. The predicted octanol–water partition coefficient (Wildman–Crippen LogP) is 4.84. The topological polar surface area (TPSA) is 54.9 Å². The molecule has 4 nitrogen and oxygen atoms in total. The van der Waals surface area contributed by atoms with E-state index in [1.165, 1.54) is 23.5 Å². The highest BCUT2D eigenvalue weighted by Crippen LogP contribution is 2.40. The molecule has 1 aliphatic carbocycles. The number of amides is 1. The standard InChI is InChI=1S/C20H20FN3OS2/c1-13-11-27-19(22-13)20(7-2-3-8-20)24-17(25)10-16-12-26-18(23-16)14-5-4-6-15(21)9-14/h4-6,9,11-12H,2-3,7-8,10H2,1H3,(H,24,25). The van der Waals surface area contributed by atoms with Crippen LogP contribution in [0.15, 0.2) is 35.0 Å². The molecule has 0 aliphatic heterocycles. The van der Waals surface area contributed by atoms with Gasteiger partial charge in [0.1, 0.15) is 15.8 Å². The average molecular weight is 402 g/mol. The van der Waals surface area contributed by atoms with E-state index >= 15 is 0 Å². The number of hydrogen-bond acceptors (Lipinski definition) is 5. The summed E-state index contributed by atoms with van der Waals surface area (Å²) < 4.78 is 13.4. The van der Waals surface area contributed by atoms with E-state index in [9.17, 15) is 9.18 Å². The Kier molecular flexibility index (Phi) is 5.06. The molecule has 7 heteroatoms. The molecular formula is C20H20FN3OS2. The Balaban J connectivity index is 1.48. The maximum Gasteiger partial charge on any atom is 0.226 e. The number of nitrogens with one attached hydrogen (secondary N) is 1. The zero-order valence-corrected chi connectivity index (χ0v) is 16.6. The van der Waals surface area contributed by atoms with Crippen molar-refractivity contribution in [1.29, 1.82) is 0 Å². The first kappa shape index (κ1) is 18.3. The Morgan fingerprint density at radius 2 is 2.04 bits per heavy atom. The number of nitrogens with zero attached hydrogens (tertiary/aromatic N) is 2. The van der Waals surface area contributed by atoms with Gasteiger partial charge in [0.05, 0.1) is 17.7 Å². The van der Waals surface area contributed by atoms with E-state index in [4.69, 9.17) is 0 Å². The van der Waals surface area contributed by atoms with E-state index < -0.39 is 0 Å². The summed E-state index contributed by atoms with van der Waals surface area (Å²) in [5.74, 6) is -0.329. The number of benzene rings is 1. The molecule has 1 amide bonds. The number of carbonyl (C=O) groups is 1. The number of aryl methyl sites for hydroxylation is 1. The summed E-state index contributed by atoms with van der Waals surface area (Å²) in [4.78, 5) is 21.9. The van der Waals surface area contributed by atoms with Gasteiger partial charge in [-0.15, -0.1) is 22.7 Å². The van der Waals surface area contributed by atoms with Crippen LogP contribution in [0.3, 0.4) is 0 Å². The minimum atomic E-state index is -0.336. The summed E-state index contributed by atoms with van der Waals surface area (Å²) >= 11 is 3.05. The van der Waals surface area contributed by atoms with Crippen LogP contribution < -0.4 is 5.32 Å². The molecule has 27 heavy (non-hydrogen) atoms. The number of hydrogen-bond donors (Lipinski definition) is 1. The van der Waals surface area contributed by atoms with Crippen LogP contribution in [0.4, 0.5) is 4.39 Å². The lowest BCUT2D eigenvalue weighted by Crippen LogP contribution is -2.44. The van der Waals surface area contributed by atoms with E-state index in [1.54, 1.807) is 17.4 Å². The Morgan fingerprint density at radius 1 is 1.22 bits per heavy atom. The smallest absolute Gasteiger partial charge is 0.226 e. The molecule has 0 radical (unpaired) electrons. The van der Waals surface area contributed by atoms with Crippen LogP contribution in [-0.4, -0.2) is 15.9 Å². The largest absolute Gasteiger partial charge is 0.344 e. The second-order valence-corrected chi connectivity index (χ2v) is 8.68. The van der Waals surface area contributed by atoms with Crippen LogP contribution in [0.1, 0.15) is 42.1 Å². The van der Waals surface area contributed by atoms with E-state index in [2.05, 4.69) is 15.3 Å². The fraction of sp³-hybridized carbons (Fsp3) is 0.350. The highest BCUT2D eigenvalue weighted by molar-refractivity contribution is 7.13. The van der Waals surface area contributed by atoms with Crippen molar-refractivity contribution in [3.05, 3.63) is 57.2 Å². The first-order chi connectivity index (χ1) is 13.0. The normalized spacial score (nSPS) is 15.8. The Labute approximate surface area is 165 Å². The number of carbonyl (C=O) groups excluding carboxylic acids is 1. The highest BCUT2D eigenvalue weighted by atomic mass is 32.1. The quantitative estimate of drug-likeness (QED) is 0.665. The van der Waals surface area contributed by atoms with Gasteiger partial charge in [-0.25, -0.2) is 14.4 Å². The molecule has 0 saturated heterocycles. The van der Waals surface area contributed by atoms with Gasteiger partial charge in [0, 0.05) is 22.0 Å². The highest BCUT2D eigenvalue weighted by Gasteiger charge is 2.39. The van der Waals surface area contributed by atoms with Crippen LogP contribution in [-0.2, 0) is 16.8 Å². The Morgan fingerprint density at radius 3 is 2.74 bits per heavy atom. The van der Waals surface area contributed by atoms with E-state index in [-0.39, 0.29) is 23.7 Å². The SMILES string of the molecule is Cc1csc(C2(NC(=O)Cc3csc(-c4cccc(F)c4)n3)CCCC2)n1. The maximum atomic E-state index is 13.4. The van der Waals surface area contributed by atoms with Crippen LogP contribution in [0, 0.1) is 12.7 Å². The lowest BCUT2D eigenvalue weighted by molar-refractivity contribution is -0.122. The van der Waals surface area contributed by atoms with Crippen molar-refractivity contribution in [2.24, 2.45) is 0 Å². The van der Waals surface area contributed by atoms with Gasteiger partial charge < -0.3 is 5.32 Å². The molecule has 0 unspecified atom stereocenters. The van der Waals surface area contributed by atoms with Crippen molar-refractivity contribution < 1.29 is 9.18 Å². The zero-order valence-electron chi connectivity index (χ0n) is 15.0. The van der Waals surface area contributed by atoms with E-state index in [0.29, 0.717) is 5.69 Å². The summed E-state index contributed by atoms with van der Waals surface area (Å²) in [5.41, 5.74) is 2.10. The number of thiazole rings is 2. The van der Waals surface area contributed by atoms with Gasteiger partial charge in [-0.1, -0.05) is 25.0 Å². The fourth-order valence-corrected chi connectivity index (χ4v) is 5.39. The van der Waals surface area contributed by atoms with Crippen molar-refractivity contribution in [2.45, 2.75) is 44.6 Å². The summed E-state index contributed by atoms with van der Waals surface area (Å²) in [5, 5.41) is 8.88. The van der Waals surface area contributed by atoms with Gasteiger partial charge in [0.15, 0.2) is 0 Å². The van der Waals surface area contributed by atoms with Crippen LogP contribution in [0.2, 0.25) is 0 Å².